The van der Waals surface area contributed by atoms with Crippen molar-refractivity contribution < 1.29 is 14.3 Å². The summed E-state index contributed by atoms with van der Waals surface area (Å²) >= 11 is 0. The van der Waals surface area contributed by atoms with E-state index in [-0.39, 0.29) is 11.4 Å². The van der Waals surface area contributed by atoms with E-state index in [0.29, 0.717) is 18.6 Å². The van der Waals surface area contributed by atoms with Crippen LogP contribution in [-0.2, 0) is 14.3 Å². The average Bonchev–Trinajstić information content (AvgIpc) is 2.04. The minimum atomic E-state index is -0.505. The molecule has 0 aliphatic rings. The summed E-state index contributed by atoms with van der Waals surface area (Å²) in [6, 6.07) is 0. The molecule has 3 nitrogen and oxygen atoms in total. The van der Waals surface area contributed by atoms with E-state index >= 15 is 0 Å². The highest BCUT2D eigenvalue weighted by Crippen LogP contribution is 2.09. The Morgan fingerprint density at radius 1 is 1.15 bits per heavy atom. The Kier molecular flexibility index (Phi) is 5.04. The van der Waals surface area contributed by atoms with Gasteiger partial charge in [-0.1, -0.05) is 12.5 Å². The van der Waals surface area contributed by atoms with E-state index < -0.39 is 5.97 Å². The van der Waals surface area contributed by atoms with Crippen LogP contribution in [0.1, 0.15) is 34.1 Å². The van der Waals surface area contributed by atoms with Gasteiger partial charge in [-0.2, -0.15) is 0 Å². The van der Waals surface area contributed by atoms with Crippen LogP contribution in [0.25, 0.3) is 0 Å². The number of hydrogen-bond donors (Lipinski definition) is 0. The first kappa shape index (κ1) is 11.9. The molecule has 0 amide bonds. The van der Waals surface area contributed by atoms with Gasteiger partial charge >= 0.3 is 5.97 Å². The highest BCUT2D eigenvalue weighted by Gasteiger charge is 2.18. The van der Waals surface area contributed by atoms with Gasteiger partial charge in [0.1, 0.15) is 5.57 Å². The minimum Gasteiger partial charge on any atom is -0.462 e. The van der Waals surface area contributed by atoms with Crippen LogP contribution in [0.15, 0.2) is 11.1 Å². The molecule has 0 aliphatic carbocycles. The van der Waals surface area contributed by atoms with Crippen molar-refractivity contribution in [3.8, 4) is 0 Å². The highest BCUT2D eigenvalue weighted by atomic mass is 16.5. The lowest BCUT2D eigenvalue weighted by atomic mass is 10.0. The number of carbonyl (C=O) groups excluding carboxylic acids is 2. The Labute approximate surface area is 78.8 Å². The Morgan fingerprint density at radius 2 is 1.69 bits per heavy atom. The summed E-state index contributed by atoms with van der Waals surface area (Å²) in [5, 5.41) is 0. The van der Waals surface area contributed by atoms with Gasteiger partial charge in [0.05, 0.1) is 6.61 Å². The number of ketones is 1. The standard InChI is InChI=1S/C10H16O3/c1-5-8(11)9(7(3)4)10(12)13-6-2/h5-6H2,1-4H3. The zero-order valence-electron chi connectivity index (χ0n) is 8.64. The molecule has 0 fully saturated rings. The molecule has 0 aromatic heterocycles. The topological polar surface area (TPSA) is 43.4 Å². The summed E-state index contributed by atoms with van der Waals surface area (Å²) in [6.45, 7) is 7.22. The van der Waals surface area contributed by atoms with E-state index in [2.05, 4.69) is 0 Å². The molecule has 0 aromatic carbocycles. The predicted octanol–water partition coefficient (Wildman–Crippen LogP) is 1.86. The van der Waals surface area contributed by atoms with Crippen molar-refractivity contribution in [2.45, 2.75) is 34.1 Å². The Hall–Kier alpha value is -1.12. The number of Topliss-reactive ketones (excluding diaryl/α,β-unsaturated/α-hetero) is 1. The van der Waals surface area contributed by atoms with Gasteiger partial charge in [-0.25, -0.2) is 4.79 Å². The minimum absolute atomic E-state index is 0.154. The van der Waals surface area contributed by atoms with Crippen LogP contribution in [0, 0.1) is 0 Å². The van der Waals surface area contributed by atoms with Crippen LogP contribution >= 0.6 is 0 Å². The Balaban J connectivity index is 4.75. The van der Waals surface area contributed by atoms with Crippen LogP contribution in [-0.4, -0.2) is 18.4 Å². The van der Waals surface area contributed by atoms with E-state index in [1.807, 2.05) is 0 Å². The fourth-order valence-electron chi connectivity index (χ4n) is 0.977. The third-order valence-corrected chi connectivity index (χ3v) is 1.58. The molecule has 0 spiro atoms. The molecular formula is C10H16O3. The van der Waals surface area contributed by atoms with Gasteiger partial charge in [0.25, 0.3) is 0 Å². The highest BCUT2D eigenvalue weighted by molar-refractivity contribution is 6.17. The lowest BCUT2D eigenvalue weighted by Gasteiger charge is -2.06. The van der Waals surface area contributed by atoms with Gasteiger partial charge in [-0.3, -0.25) is 4.79 Å². The van der Waals surface area contributed by atoms with Gasteiger partial charge in [0.15, 0.2) is 5.78 Å². The van der Waals surface area contributed by atoms with Crippen LogP contribution in [0.4, 0.5) is 0 Å². The van der Waals surface area contributed by atoms with Crippen molar-refractivity contribution in [2.24, 2.45) is 0 Å². The maximum absolute atomic E-state index is 11.3. The first-order valence-electron chi connectivity index (χ1n) is 4.42. The van der Waals surface area contributed by atoms with Gasteiger partial charge in [-0.15, -0.1) is 0 Å². The first-order valence-corrected chi connectivity index (χ1v) is 4.42. The fraction of sp³-hybridized carbons (Fsp3) is 0.600. The second kappa shape index (κ2) is 5.51. The van der Waals surface area contributed by atoms with Crippen LogP contribution in [0.2, 0.25) is 0 Å². The molecule has 0 saturated heterocycles. The number of allylic oxidation sites excluding steroid dienone is 1. The largest absolute Gasteiger partial charge is 0.462 e. The molecule has 0 aliphatic heterocycles. The van der Waals surface area contributed by atoms with Crippen molar-refractivity contribution in [1.82, 2.24) is 0 Å². The Morgan fingerprint density at radius 3 is 2.00 bits per heavy atom. The first-order chi connectivity index (χ1) is 6.04. The lowest BCUT2D eigenvalue weighted by molar-refractivity contribution is -0.140. The molecule has 74 valence electrons. The summed E-state index contributed by atoms with van der Waals surface area (Å²) in [6.07, 6.45) is 0.333. The second-order valence-electron chi connectivity index (χ2n) is 2.87. The molecule has 0 saturated carbocycles. The maximum Gasteiger partial charge on any atom is 0.341 e. The summed E-state index contributed by atoms with van der Waals surface area (Å²) < 4.78 is 4.77. The van der Waals surface area contributed by atoms with E-state index in [4.69, 9.17) is 4.74 Å². The normalized spacial score (nSPS) is 9.23. The summed E-state index contributed by atoms with van der Waals surface area (Å²) in [4.78, 5) is 22.6. The Bertz CT molecular complexity index is 235. The molecule has 0 unspecified atom stereocenters. The van der Waals surface area contributed by atoms with Crippen LogP contribution < -0.4 is 0 Å². The SMILES string of the molecule is CCOC(=O)C(C(=O)CC)=C(C)C. The van der Waals surface area contributed by atoms with Crippen molar-refractivity contribution in [2.75, 3.05) is 6.61 Å². The third kappa shape index (κ3) is 3.40. The maximum atomic E-state index is 11.3. The molecule has 0 radical (unpaired) electrons. The molecule has 3 heteroatoms. The number of hydrogen-bond acceptors (Lipinski definition) is 3. The quantitative estimate of drug-likeness (QED) is 0.290. The number of carbonyl (C=O) groups is 2. The van der Waals surface area contributed by atoms with Crippen molar-refractivity contribution in [3.05, 3.63) is 11.1 Å². The van der Waals surface area contributed by atoms with Gasteiger partial charge in [0.2, 0.25) is 0 Å². The number of esters is 1. The van der Waals surface area contributed by atoms with Gasteiger partial charge < -0.3 is 4.74 Å². The van der Waals surface area contributed by atoms with Gasteiger partial charge in [0, 0.05) is 6.42 Å². The third-order valence-electron chi connectivity index (χ3n) is 1.58. The summed E-state index contributed by atoms with van der Waals surface area (Å²) in [7, 11) is 0. The smallest absolute Gasteiger partial charge is 0.341 e. The fourth-order valence-corrected chi connectivity index (χ4v) is 0.977. The molecule has 0 aromatic rings. The summed E-state index contributed by atoms with van der Waals surface area (Å²) in [5.41, 5.74) is 0.912. The molecule has 0 N–H and O–H groups in total. The molecular weight excluding hydrogens is 168 g/mol. The van der Waals surface area contributed by atoms with Crippen molar-refractivity contribution in [1.29, 1.82) is 0 Å². The van der Waals surface area contributed by atoms with Gasteiger partial charge in [-0.05, 0) is 20.8 Å². The zero-order chi connectivity index (χ0) is 10.4. The molecule has 0 rings (SSSR count). The van der Waals surface area contributed by atoms with Crippen molar-refractivity contribution >= 4 is 11.8 Å². The molecule has 0 atom stereocenters. The molecule has 0 bridgehead atoms. The van der Waals surface area contributed by atoms with Crippen LogP contribution in [0.3, 0.4) is 0 Å². The molecule has 13 heavy (non-hydrogen) atoms. The van der Waals surface area contributed by atoms with E-state index in [0.717, 1.165) is 0 Å². The lowest BCUT2D eigenvalue weighted by Crippen LogP contribution is -2.16. The predicted molar refractivity (Wildman–Crippen MR) is 50.3 cm³/mol. The van der Waals surface area contributed by atoms with Crippen molar-refractivity contribution in [3.63, 3.8) is 0 Å². The second-order valence-corrected chi connectivity index (χ2v) is 2.87. The van der Waals surface area contributed by atoms with E-state index in [1.165, 1.54) is 0 Å². The number of rotatable bonds is 4. The average molecular weight is 184 g/mol. The molecule has 0 heterocycles. The zero-order valence-corrected chi connectivity index (χ0v) is 8.64. The number of ether oxygens (including phenoxy) is 1. The van der Waals surface area contributed by atoms with Crippen LogP contribution in [0.5, 0.6) is 0 Å². The monoisotopic (exact) mass is 184 g/mol. The summed E-state index contributed by atoms with van der Waals surface area (Å²) in [5.74, 6) is -0.659. The van der Waals surface area contributed by atoms with E-state index in [9.17, 15) is 9.59 Å². The van der Waals surface area contributed by atoms with E-state index in [1.54, 1.807) is 27.7 Å².